The molecule has 242 valence electrons. The third-order valence-electron chi connectivity index (χ3n) is 7.12. The molecule has 46 heavy (non-hydrogen) atoms. The third-order valence-corrected chi connectivity index (χ3v) is 8.51. The number of hydrogen-bond donors (Lipinski definition) is 2. The second-order valence-corrected chi connectivity index (χ2v) is 12.0. The number of rotatable bonds is 15. The molecule has 0 aliphatic heterocycles. The standard InChI is InChI=1S/C34H36FN3O7S/c1-24(34(40)36-20-19-25-9-18-31(43-2)32(21-25)44-3)38(22-26-7-5-4-6-8-26)33(39)23-45-29-14-16-30(17-15-29)46(41,42)37-28-12-10-27(35)11-13-28/h4-18,21,24,37H,19-20,22-23H2,1-3H3,(H,36,40)/t24-/m0/s1. The van der Waals surface area contributed by atoms with Crippen LogP contribution in [0, 0.1) is 5.82 Å². The number of methoxy groups -OCH3 is 2. The summed E-state index contributed by atoms with van der Waals surface area (Å²) in [7, 11) is -0.815. The predicted octanol–water partition coefficient (Wildman–Crippen LogP) is 4.80. The largest absolute Gasteiger partial charge is 0.493 e. The van der Waals surface area contributed by atoms with Crippen LogP contribution in [0.3, 0.4) is 0 Å². The Balaban J connectivity index is 1.37. The number of ether oxygens (including phenoxy) is 3. The van der Waals surface area contributed by atoms with Crippen molar-refractivity contribution in [2.24, 2.45) is 0 Å². The maximum atomic E-state index is 13.4. The first kappa shape index (κ1) is 33.8. The van der Waals surface area contributed by atoms with Crippen molar-refractivity contribution in [2.75, 3.05) is 32.1 Å². The van der Waals surface area contributed by atoms with Gasteiger partial charge in [0, 0.05) is 18.8 Å². The number of carbonyl (C=O) groups is 2. The molecule has 0 radical (unpaired) electrons. The summed E-state index contributed by atoms with van der Waals surface area (Å²) in [4.78, 5) is 28.0. The minimum absolute atomic E-state index is 0.0421. The Hall–Kier alpha value is -5.10. The van der Waals surface area contributed by atoms with E-state index in [9.17, 15) is 22.4 Å². The van der Waals surface area contributed by atoms with Crippen molar-refractivity contribution in [2.45, 2.75) is 30.8 Å². The molecule has 4 rings (SSSR count). The Bertz CT molecular complexity index is 1720. The molecule has 0 heterocycles. The van der Waals surface area contributed by atoms with Crippen molar-refractivity contribution in [1.29, 1.82) is 0 Å². The molecule has 10 nitrogen and oxygen atoms in total. The molecule has 0 aromatic heterocycles. The molecule has 0 bridgehead atoms. The van der Waals surface area contributed by atoms with E-state index >= 15 is 0 Å². The van der Waals surface area contributed by atoms with Gasteiger partial charge in [-0.1, -0.05) is 36.4 Å². The normalized spacial score (nSPS) is 11.7. The molecule has 1 atom stereocenters. The lowest BCUT2D eigenvalue weighted by Crippen LogP contribution is -2.49. The van der Waals surface area contributed by atoms with Gasteiger partial charge in [0.2, 0.25) is 5.91 Å². The van der Waals surface area contributed by atoms with Crippen LogP contribution in [0.1, 0.15) is 18.1 Å². The summed E-state index contributed by atoms with van der Waals surface area (Å²) < 4.78 is 57.3. The van der Waals surface area contributed by atoms with Gasteiger partial charge < -0.3 is 24.4 Å². The van der Waals surface area contributed by atoms with E-state index in [4.69, 9.17) is 14.2 Å². The summed E-state index contributed by atoms with van der Waals surface area (Å²) in [6.07, 6.45) is 0.541. The van der Waals surface area contributed by atoms with Crippen molar-refractivity contribution >= 4 is 27.5 Å². The van der Waals surface area contributed by atoms with Crippen LogP contribution in [-0.2, 0) is 32.6 Å². The fourth-order valence-corrected chi connectivity index (χ4v) is 5.61. The van der Waals surface area contributed by atoms with Gasteiger partial charge in [0.15, 0.2) is 18.1 Å². The zero-order valence-electron chi connectivity index (χ0n) is 25.7. The Kier molecular flexibility index (Phi) is 11.6. The van der Waals surface area contributed by atoms with Crippen LogP contribution >= 0.6 is 0 Å². The average Bonchev–Trinajstić information content (AvgIpc) is 3.07. The lowest BCUT2D eigenvalue weighted by Gasteiger charge is -2.28. The van der Waals surface area contributed by atoms with E-state index in [-0.39, 0.29) is 35.4 Å². The molecule has 0 aliphatic carbocycles. The lowest BCUT2D eigenvalue weighted by molar-refractivity contribution is -0.142. The van der Waals surface area contributed by atoms with Gasteiger partial charge in [-0.25, -0.2) is 12.8 Å². The number of halogens is 1. The number of carbonyl (C=O) groups excluding carboxylic acids is 2. The molecule has 2 N–H and O–H groups in total. The summed E-state index contributed by atoms with van der Waals surface area (Å²) in [5, 5.41) is 2.91. The van der Waals surface area contributed by atoms with E-state index in [0.29, 0.717) is 24.5 Å². The highest BCUT2D eigenvalue weighted by Gasteiger charge is 2.26. The van der Waals surface area contributed by atoms with Crippen molar-refractivity contribution in [1.82, 2.24) is 10.2 Å². The molecule has 0 fully saturated rings. The molecule has 0 aliphatic rings. The van der Waals surface area contributed by atoms with Crippen molar-refractivity contribution in [3.8, 4) is 17.2 Å². The second-order valence-electron chi connectivity index (χ2n) is 10.3. The Morgan fingerprint density at radius 1 is 0.848 bits per heavy atom. The molecule has 0 unspecified atom stereocenters. The third kappa shape index (κ3) is 9.21. The van der Waals surface area contributed by atoms with Gasteiger partial charge in [0.1, 0.15) is 17.6 Å². The van der Waals surface area contributed by atoms with Gasteiger partial charge in [0.05, 0.1) is 19.1 Å². The van der Waals surface area contributed by atoms with Gasteiger partial charge in [-0.15, -0.1) is 0 Å². The Labute approximate surface area is 268 Å². The van der Waals surface area contributed by atoms with E-state index in [2.05, 4.69) is 10.0 Å². The second kappa shape index (κ2) is 15.8. The molecular formula is C34H36FN3O7S. The Morgan fingerprint density at radius 3 is 2.17 bits per heavy atom. The zero-order chi connectivity index (χ0) is 33.1. The summed E-state index contributed by atoms with van der Waals surface area (Å²) in [6.45, 7) is 1.80. The van der Waals surface area contributed by atoms with Crippen LogP contribution in [0.25, 0.3) is 0 Å². The quantitative estimate of drug-likeness (QED) is 0.190. The summed E-state index contributed by atoms with van der Waals surface area (Å²) in [6, 6.07) is 24.5. The topological polar surface area (TPSA) is 123 Å². The maximum Gasteiger partial charge on any atom is 0.261 e. The minimum Gasteiger partial charge on any atom is -0.493 e. The van der Waals surface area contributed by atoms with Gasteiger partial charge in [-0.2, -0.15) is 0 Å². The van der Waals surface area contributed by atoms with Gasteiger partial charge in [-0.05, 0) is 85.1 Å². The van der Waals surface area contributed by atoms with E-state index in [1.807, 2.05) is 42.5 Å². The first-order chi connectivity index (χ1) is 22.1. The van der Waals surface area contributed by atoms with Gasteiger partial charge in [0.25, 0.3) is 15.9 Å². The minimum atomic E-state index is -3.93. The molecular weight excluding hydrogens is 613 g/mol. The summed E-state index contributed by atoms with van der Waals surface area (Å²) in [5.74, 6) is 0.232. The molecule has 4 aromatic rings. The molecule has 12 heteroatoms. The van der Waals surface area contributed by atoms with E-state index in [0.717, 1.165) is 23.3 Å². The zero-order valence-corrected chi connectivity index (χ0v) is 26.6. The van der Waals surface area contributed by atoms with E-state index in [1.54, 1.807) is 27.2 Å². The lowest BCUT2D eigenvalue weighted by atomic mass is 10.1. The smallest absolute Gasteiger partial charge is 0.261 e. The summed E-state index contributed by atoms with van der Waals surface area (Å²) in [5.41, 5.74) is 2.00. The van der Waals surface area contributed by atoms with Crippen molar-refractivity contribution < 1.29 is 36.6 Å². The first-order valence-electron chi connectivity index (χ1n) is 14.4. The molecule has 2 amide bonds. The highest BCUT2D eigenvalue weighted by molar-refractivity contribution is 7.92. The number of anilines is 1. The number of benzene rings is 4. The average molecular weight is 650 g/mol. The van der Waals surface area contributed by atoms with Crippen molar-refractivity contribution in [3.63, 3.8) is 0 Å². The van der Waals surface area contributed by atoms with Crippen LogP contribution < -0.4 is 24.2 Å². The highest BCUT2D eigenvalue weighted by Crippen LogP contribution is 2.27. The predicted molar refractivity (Wildman–Crippen MR) is 172 cm³/mol. The Morgan fingerprint density at radius 2 is 1.52 bits per heavy atom. The van der Waals surface area contributed by atoms with E-state index in [1.165, 1.54) is 41.3 Å². The monoisotopic (exact) mass is 649 g/mol. The van der Waals surface area contributed by atoms with E-state index < -0.39 is 27.8 Å². The molecule has 0 spiro atoms. The van der Waals surface area contributed by atoms with Gasteiger partial charge in [-0.3, -0.25) is 14.3 Å². The fourth-order valence-electron chi connectivity index (χ4n) is 4.55. The number of nitrogens with zero attached hydrogens (tertiary/aromatic N) is 1. The summed E-state index contributed by atoms with van der Waals surface area (Å²) >= 11 is 0. The number of sulfonamides is 1. The van der Waals surface area contributed by atoms with Crippen LogP contribution in [0.15, 0.2) is 102 Å². The number of amides is 2. The van der Waals surface area contributed by atoms with Crippen LogP contribution in [0.4, 0.5) is 10.1 Å². The highest BCUT2D eigenvalue weighted by atomic mass is 32.2. The number of hydrogen-bond acceptors (Lipinski definition) is 7. The molecule has 4 aromatic carbocycles. The molecule has 0 saturated heterocycles. The van der Waals surface area contributed by atoms with Crippen LogP contribution in [0.5, 0.6) is 17.2 Å². The molecule has 0 saturated carbocycles. The van der Waals surface area contributed by atoms with Crippen LogP contribution in [0.2, 0.25) is 0 Å². The van der Waals surface area contributed by atoms with Crippen molar-refractivity contribution in [3.05, 3.63) is 114 Å². The van der Waals surface area contributed by atoms with Crippen LogP contribution in [-0.4, -0.2) is 58.5 Å². The first-order valence-corrected chi connectivity index (χ1v) is 15.9. The van der Waals surface area contributed by atoms with Gasteiger partial charge >= 0.3 is 0 Å². The number of nitrogens with one attached hydrogen (secondary N) is 2. The fraction of sp³-hybridized carbons (Fsp3) is 0.235. The SMILES string of the molecule is COc1ccc(CCNC(=O)[C@H](C)N(Cc2ccccc2)C(=O)COc2ccc(S(=O)(=O)Nc3ccc(F)cc3)cc2)cc1OC. The maximum absolute atomic E-state index is 13.4.